The Morgan fingerprint density at radius 1 is 1.22 bits per heavy atom. The topological polar surface area (TPSA) is 93.0 Å². The van der Waals surface area contributed by atoms with Crippen molar-refractivity contribution in [2.45, 2.75) is 58.5 Å². The number of hydrogen-bond donors (Lipinski definition) is 0. The van der Waals surface area contributed by atoms with E-state index in [0.717, 1.165) is 47.3 Å². The summed E-state index contributed by atoms with van der Waals surface area (Å²) in [6, 6.07) is 9.99. The van der Waals surface area contributed by atoms with Crippen LogP contribution in [0.15, 0.2) is 41.3 Å². The van der Waals surface area contributed by atoms with Crippen molar-refractivity contribution in [2.24, 2.45) is 0 Å². The molecule has 0 aliphatic carbocycles. The van der Waals surface area contributed by atoms with Crippen LogP contribution in [0.3, 0.4) is 0 Å². The molecule has 2 aromatic rings. The lowest BCUT2D eigenvalue weighted by Crippen LogP contribution is -2.48. The number of ether oxygens (including phenoxy) is 1. The molecule has 2 aliphatic rings. The molecule has 9 heteroatoms. The number of methoxy groups -OCH3 is 1. The van der Waals surface area contributed by atoms with Gasteiger partial charge in [0.1, 0.15) is 5.75 Å². The van der Waals surface area contributed by atoms with Crippen LogP contribution in [-0.4, -0.2) is 40.2 Å². The van der Waals surface area contributed by atoms with Crippen molar-refractivity contribution in [1.82, 2.24) is 4.90 Å². The fourth-order valence-electron chi connectivity index (χ4n) is 5.15. The van der Waals surface area contributed by atoms with Crippen LogP contribution in [0.25, 0.3) is 6.08 Å². The standard InChI is InChI=1S/C27H31N3O5S/c1-6-11-29-22-14-23(35-5)19(12-21(22)17(2)15-27(29,3)4)13-24-25(31)28(26(32)36-24)16-18-7-9-20(10-8-18)30(33)34/h7-10,12-14,17H,6,11,15-16H2,1-5H3/b24-13+. The number of rotatable bonds is 7. The van der Waals surface area contributed by atoms with E-state index in [4.69, 9.17) is 4.74 Å². The van der Waals surface area contributed by atoms with Crippen LogP contribution in [0.5, 0.6) is 5.75 Å². The fourth-order valence-corrected chi connectivity index (χ4v) is 5.98. The van der Waals surface area contributed by atoms with Crippen molar-refractivity contribution in [3.63, 3.8) is 0 Å². The summed E-state index contributed by atoms with van der Waals surface area (Å²) in [6.45, 7) is 9.92. The molecule has 2 aliphatic heterocycles. The van der Waals surface area contributed by atoms with Gasteiger partial charge >= 0.3 is 0 Å². The van der Waals surface area contributed by atoms with Crippen molar-refractivity contribution >= 4 is 40.4 Å². The number of carbonyl (C=O) groups excluding carboxylic acids is 2. The minimum Gasteiger partial charge on any atom is -0.496 e. The lowest BCUT2D eigenvalue weighted by Gasteiger charge is -2.47. The second-order valence-electron chi connectivity index (χ2n) is 9.91. The molecule has 2 heterocycles. The highest BCUT2D eigenvalue weighted by Crippen LogP contribution is 2.46. The molecule has 0 spiro atoms. The van der Waals surface area contributed by atoms with E-state index in [9.17, 15) is 19.7 Å². The van der Waals surface area contributed by atoms with Gasteiger partial charge in [0, 0.05) is 41.5 Å². The molecular formula is C27H31N3O5S. The number of amides is 2. The molecule has 0 bridgehead atoms. The number of benzene rings is 2. The Morgan fingerprint density at radius 3 is 2.53 bits per heavy atom. The van der Waals surface area contributed by atoms with E-state index >= 15 is 0 Å². The van der Waals surface area contributed by atoms with Gasteiger partial charge in [-0.05, 0) is 67.6 Å². The summed E-state index contributed by atoms with van der Waals surface area (Å²) in [5.74, 6) is 0.602. The highest BCUT2D eigenvalue weighted by atomic mass is 32.2. The molecule has 0 radical (unpaired) electrons. The Labute approximate surface area is 215 Å². The van der Waals surface area contributed by atoms with Gasteiger partial charge in [-0.1, -0.05) is 26.0 Å². The van der Waals surface area contributed by atoms with E-state index in [1.54, 1.807) is 25.3 Å². The summed E-state index contributed by atoms with van der Waals surface area (Å²) in [5, 5.41) is 10.5. The van der Waals surface area contributed by atoms with Crippen molar-refractivity contribution < 1.29 is 19.2 Å². The first kappa shape index (κ1) is 25.8. The lowest BCUT2D eigenvalue weighted by molar-refractivity contribution is -0.384. The predicted octanol–water partition coefficient (Wildman–Crippen LogP) is 6.34. The van der Waals surface area contributed by atoms with Gasteiger partial charge in [-0.15, -0.1) is 0 Å². The average Bonchev–Trinajstić information content (AvgIpc) is 3.09. The van der Waals surface area contributed by atoms with Crippen molar-refractivity contribution in [3.05, 3.63) is 68.1 Å². The van der Waals surface area contributed by atoms with Crippen LogP contribution in [-0.2, 0) is 11.3 Å². The zero-order valence-electron chi connectivity index (χ0n) is 21.2. The SMILES string of the molecule is CCCN1c2cc(OC)c(/C=C3/SC(=O)N(Cc4ccc([N+](=O)[O-])cc4)C3=O)cc2C(C)CC1(C)C. The smallest absolute Gasteiger partial charge is 0.293 e. The number of non-ortho nitro benzene ring substituents is 1. The number of hydrogen-bond acceptors (Lipinski definition) is 7. The molecule has 1 saturated heterocycles. The second kappa shape index (κ2) is 9.97. The summed E-state index contributed by atoms with van der Waals surface area (Å²) >= 11 is 0.894. The minimum absolute atomic E-state index is 0.0233. The second-order valence-corrected chi connectivity index (χ2v) is 10.9. The number of anilines is 1. The number of nitro benzene ring substituents is 1. The van der Waals surface area contributed by atoms with Gasteiger partial charge in [-0.3, -0.25) is 24.6 Å². The van der Waals surface area contributed by atoms with Gasteiger partial charge in [-0.2, -0.15) is 0 Å². The van der Waals surface area contributed by atoms with Crippen LogP contribution < -0.4 is 9.64 Å². The molecule has 8 nitrogen and oxygen atoms in total. The Bertz CT molecular complexity index is 1240. The first-order valence-electron chi connectivity index (χ1n) is 12.0. The largest absolute Gasteiger partial charge is 0.496 e. The van der Waals surface area contributed by atoms with E-state index < -0.39 is 4.92 Å². The zero-order chi connectivity index (χ0) is 26.2. The monoisotopic (exact) mass is 509 g/mol. The maximum absolute atomic E-state index is 13.1. The van der Waals surface area contributed by atoms with Gasteiger partial charge in [0.05, 0.1) is 23.5 Å². The van der Waals surface area contributed by atoms with E-state index in [0.29, 0.717) is 22.1 Å². The van der Waals surface area contributed by atoms with Crippen LogP contribution in [0.1, 0.15) is 63.1 Å². The van der Waals surface area contributed by atoms with Crippen molar-refractivity contribution in [1.29, 1.82) is 0 Å². The number of nitrogens with zero attached hydrogens (tertiary/aromatic N) is 3. The number of carbonyl (C=O) groups is 2. The van der Waals surface area contributed by atoms with Gasteiger partial charge in [0.2, 0.25) is 0 Å². The molecule has 2 amide bonds. The first-order chi connectivity index (χ1) is 17.1. The van der Waals surface area contributed by atoms with Gasteiger partial charge in [0.15, 0.2) is 0 Å². The third-order valence-electron chi connectivity index (χ3n) is 6.83. The van der Waals surface area contributed by atoms with E-state index in [2.05, 4.69) is 44.7 Å². The first-order valence-corrected chi connectivity index (χ1v) is 12.9. The minimum atomic E-state index is -0.484. The van der Waals surface area contributed by atoms with Gasteiger partial charge < -0.3 is 9.64 Å². The van der Waals surface area contributed by atoms with E-state index in [1.807, 2.05) is 0 Å². The highest BCUT2D eigenvalue weighted by molar-refractivity contribution is 8.18. The number of imide groups is 1. The molecule has 0 saturated carbocycles. The van der Waals surface area contributed by atoms with Crippen LogP contribution in [0, 0.1) is 10.1 Å². The van der Waals surface area contributed by atoms with Crippen LogP contribution in [0.2, 0.25) is 0 Å². The van der Waals surface area contributed by atoms with Crippen molar-refractivity contribution in [3.8, 4) is 5.75 Å². The summed E-state index contributed by atoms with van der Waals surface area (Å²) in [7, 11) is 1.61. The third kappa shape index (κ3) is 4.84. The molecule has 36 heavy (non-hydrogen) atoms. The van der Waals surface area contributed by atoms with Crippen LogP contribution >= 0.6 is 11.8 Å². The third-order valence-corrected chi connectivity index (χ3v) is 7.74. The van der Waals surface area contributed by atoms with E-state index in [-0.39, 0.29) is 28.9 Å². The Balaban J connectivity index is 1.64. The Hall–Kier alpha value is -3.33. The summed E-state index contributed by atoms with van der Waals surface area (Å²) in [5.41, 5.74) is 3.75. The molecule has 1 unspecified atom stereocenters. The molecule has 2 aromatic carbocycles. The molecule has 0 N–H and O–H groups in total. The molecule has 1 fully saturated rings. The number of thioether (sulfide) groups is 1. The summed E-state index contributed by atoms with van der Waals surface area (Å²) < 4.78 is 5.72. The zero-order valence-corrected chi connectivity index (χ0v) is 22.1. The molecule has 4 rings (SSSR count). The molecule has 1 atom stereocenters. The average molecular weight is 510 g/mol. The normalized spacial score (nSPS) is 20.1. The van der Waals surface area contributed by atoms with Crippen molar-refractivity contribution in [2.75, 3.05) is 18.6 Å². The summed E-state index contributed by atoms with van der Waals surface area (Å²) in [4.78, 5) is 40.1. The maximum atomic E-state index is 13.1. The Kier molecular flexibility index (Phi) is 7.13. The molecule has 0 aromatic heterocycles. The van der Waals surface area contributed by atoms with E-state index in [1.165, 1.54) is 17.7 Å². The van der Waals surface area contributed by atoms with Crippen LogP contribution in [0.4, 0.5) is 16.2 Å². The van der Waals surface area contributed by atoms with Gasteiger partial charge in [-0.25, -0.2) is 0 Å². The predicted molar refractivity (Wildman–Crippen MR) is 142 cm³/mol. The van der Waals surface area contributed by atoms with Gasteiger partial charge in [0.25, 0.3) is 16.8 Å². The molecule has 190 valence electrons. The Morgan fingerprint density at radius 2 is 1.92 bits per heavy atom. The number of nitro groups is 1. The quantitative estimate of drug-likeness (QED) is 0.244. The molecular weight excluding hydrogens is 478 g/mol. The highest BCUT2D eigenvalue weighted by Gasteiger charge is 2.38. The summed E-state index contributed by atoms with van der Waals surface area (Å²) in [6.07, 6.45) is 3.78. The maximum Gasteiger partial charge on any atom is 0.293 e. The number of fused-ring (bicyclic) bond motifs is 1. The lowest BCUT2D eigenvalue weighted by atomic mass is 9.79. The fraction of sp³-hybridized carbons (Fsp3) is 0.407.